The highest BCUT2D eigenvalue weighted by Gasteiger charge is 2.22. The molecule has 4 rings (SSSR count). The number of furan rings is 1. The van der Waals surface area contributed by atoms with Crippen molar-refractivity contribution < 1.29 is 9.21 Å². The summed E-state index contributed by atoms with van der Waals surface area (Å²) in [4.78, 5) is 12.8. The molecule has 166 valence electrons. The summed E-state index contributed by atoms with van der Waals surface area (Å²) in [6.07, 6.45) is 1.60. The van der Waals surface area contributed by atoms with Gasteiger partial charge in [-0.1, -0.05) is 50.7 Å². The molecule has 0 saturated carbocycles. The molecule has 1 amide bonds. The second kappa shape index (κ2) is 9.04. The first-order chi connectivity index (χ1) is 15.4. The molecular weight excluding hydrogens is 424 g/mol. The summed E-state index contributed by atoms with van der Waals surface area (Å²) in [5.41, 5.74) is 1.64. The Kier molecular flexibility index (Phi) is 6.18. The number of amides is 1. The molecule has 9 heteroatoms. The first kappa shape index (κ1) is 21.9. The van der Waals surface area contributed by atoms with Gasteiger partial charge in [0.1, 0.15) is 5.82 Å². The third-order valence-electron chi connectivity index (χ3n) is 4.85. The normalized spacial score (nSPS) is 11.6. The van der Waals surface area contributed by atoms with Gasteiger partial charge in [0.25, 0.3) is 0 Å². The molecule has 3 aromatic heterocycles. The lowest BCUT2D eigenvalue weighted by atomic mass is 9.92. The largest absolute Gasteiger partial charge is 0.461 e. The van der Waals surface area contributed by atoms with Crippen LogP contribution in [0.25, 0.3) is 17.3 Å². The van der Waals surface area contributed by atoms with E-state index in [9.17, 15) is 4.79 Å². The molecule has 0 spiro atoms. The monoisotopic (exact) mass is 450 g/mol. The van der Waals surface area contributed by atoms with Crippen LogP contribution in [-0.2, 0) is 16.8 Å². The molecular formula is C23H26N6O2S. The van der Waals surface area contributed by atoms with Crippen LogP contribution in [0.5, 0.6) is 0 Å². The van der Waals surface area contributed by atoms with Crippen molar-refractivity contribution in [3.05, 3.63) is 60.5 Å². The highest BCUT2D eigenvalue weighted by atomic mass is 32.2. The van der Waals surface area contributed by atoms with Crippen molar-refractivity contribution in [2.75, 3.05) is 11.1 Å². The van der Waals surface area contributed by atoms with E-state index in [-0.39, 0.29) is 17.1 Å². The van der Waals surface area contributed by atoms with Crippen molar-refractivity contribution in [2.45, 2.75) is 44.8 Å². The van der Waals surface area contributed by atoms with Crippen LogP contribution in [0.4, 0.5) is 5.82 Å². The second-order valence-electron chi connectivity index (χ2n) is 8.28. The molecule has 0 radical (unpaired) electrons. The van der Waals surface area contributed by atoms with E-state index >= 15 is 0 Å². The minimum absolute atomic E-state index is 0.141. The van der Waals surface area contributed by atoms with Gasteiger partial charge in [0.2, 0.25) is 5.91 Å². The van der Waals surface area contributed by atoms with Crippen molar-refractivity contribution in [1.82, 2.24) is 24.5 Å². The SMILES string of the molecule is CCn1c(SCC(=O)Nc2cc(C(C)(C)C)nn2-c2ccccc2)nnc1-c1ccco1. The van der Waals surface area contributed by atoms with Gasteiger partial charge in [-0.2, -0.15) is 5.10 Å². The zero-order valence-electron chi connectivity index (χ0n) is 18.6. The number of benzene rings is 1. The Morgan fingerprint density at radius 1 is 1.12 bits per heavy atom. The maximum absolute atomic E-state index is 12.8. The lowest BCUT2D eigenvalue weighted by Gasteiger charge is -2.14. The Balaban J connectivity index is 1.51. The van der Waals surface area contributed by atoms with E-state index in [1.807, 2.05) is 60.0 Å². The van der Waals surface area contributed by atoms with E-state index in [1.165, 1.54) is 11.8 Å². The lowest BCUT2D eigenvalue weighted by molar-refractivity contribution is -0.113. The molecule has 0 saturated heterocycles. The summed E-state index contributed by atoms with van der Waals surface area (Å²) < 4.78 is 9.15. The van der Waals surface area contributed by atoms with Gasteiger partial charge in [0, 0.05) is 18.0 Å². The van der Waals surface area contributed by atoms with Gasteiger partial charge >= 0.3 is 0 Å². The van der Waals surface area contributed by atoms with Crippen LogP contribution in [-0.4, -0.2) is 36.2 Å². The average Bonchev–Trinajstić information content (AvgIpc) is 3.51. The fraction of sp³-hybridized carbons (Fsp3) is 0.304. The maximum Gasteiger partial charge on any atom is 0.236 e. The van der Waals surface area contributed by atoms with Crippen LogP contribution in [0.2, 0.25) is 0 Å². The predicted molar refractivity (Wildman–Crippen MR) is 125 cm³/mol. The van der Waals surface area contributed by atoms with Crippen molar-refractivity contribution >= 4 is 23.5 Å². The summed E-state index contributed by atoms with van der Waals surface area (Å²) >= 11 is 1.34. The number of para-hydroxylation sites is 1. The van der Waals surface area contributed by atoms with Crippen molar-refractivity contribution in [3.8, 4) is 17.3 Å². The molecule has 0 aliphatic heterocycles. The number of hydrogen-bond donors (Lipinski definition) is 1. The Hall–Kier alpha value is -3.33. The molecule has 8 nitrogen and oxygen atoms in total. The summed E-state index contributed by atoms with van der Waals surface area (Å²) in [6.45, 7) is 8.97. The number of anilines is 1. The van der Waals surface area contributed by atoms with Crippen LogP contribution < -0.4 is 5.32 Å². The summed E-state index contributed by atoms with van der Waals surface area (Å²) in [7, 11) is 0. The van der Waals surface area contributed by atoms with Gasteiger partial charge in [-0.3, -0.25) is 9.36 Å². The minimum Gasteiger partial charge on any atom is -0.461 e. The van der Waals surface area contributed by atoms with Crippen LogP contribution in [0.15, 0.2) is 64.4 Å². The number of rotatable bonds is 7. The number of hydrogen-bond acceptors (Lipinski definition) is 6. The lowest BCUT2D eigenvalue weighted by Crippen LogP contribution is -2.17. The summed E-state index contributed by atoms with van der Waals surface area (Å²) in [5.74, 6) is 1.99. The zero-order valence-corrected chi connectivity index (χ0v) is 19.4. The molecule has 0 aliphatic rings. The molecule has 0 bridgehead atoms. The Morgan fingerprint density at radius 3 is 2.56 bits per heavy atom. The second-order valence-corrected chi connectivity index (χ2v) is 9.22. The van der Waals surface area contributed by atoms with E-state index in [0.29, 0.717) is 29.1 Å². The van der Waals surface area contributed by atoms with Gasteiger partial charge in [-0.15, -0.1) is 10.2 Å². The van der Waals surface area contributed by atoms with E-state index < -0.39 is 0 Å². The quantitative estimate of drug-likeness (QED) is 0.408. The molecule has 3 heterocycles. The number of thioether (sulfide) groups is 1. The van der Waals surface area contributed by atoms with Crippen molar-refractivity contribution in [2.24, 2.45) is 0 Å². The van der Waals surface area contributed by atoms with Crippen molar-refractivity contribution in [1.29, 1.82) is 0 Å². The van der Waals surface area contributed by atoms with Gasteiger partial charge in [-0.05, 0) is 31.2 Å². The molecule has 32 heavy (non-hydrogen) atoms. The molecule has 0 aliphatic carbocycles. The van der Waals surface area contributed by atoms with E-state index in [4.69, 9.17) is 9.52 Å². The van der Waals surface area contributed by atoms with Gasteiger partial charge in [0.05, 0.1) is 23.4 Å². The third-order valence-corrected chi connectivity index (χ3v) is 5.82. The molecule has 1 aromatic carbocycles. The number of carbonyl (C=O) groups excluding carboxylic acids is 1. The van der Waals surface area contributed by atoms with Gasteiger partial charge in [-0.25, -0.2) is 4.68 Å². The van der Waals surface area contributed by atoms with Gasteiger partial charge < -0.3 is 9.73 Å². The molecule has 0 unspecified atom stereocenters. The Labute approximate surface area is 191 Å². The number of nitrogens with one attached hydrogen (secondary N) is 1. The fourth-order valence-electron chi connectivity index (χ4n) is 3.18. The smallest absolute Gasteiger partial charge is 0.236 e. The molecule has 0 fully saturated rings. The van der Waals surface area contributed by atoms with E-state index in [0.717, 1.165) is 11.4 Å². The predicted octanol–water partition coefficient (Wildman–Crippen LogP) is 4.77. The topological polar surface area (TPSA) is 90.8 Å². The highest BCUT2D eigenvalue weighted by Crippen LogP contribution is 2.27. The first-order valence-corrected chi connectivity index (χ1v) is 11.4. The maximum atomic E-state index is 12.8. The zero-order chi connectivity index (χ0) is 22.7. The van der Waals surface area contributed by atoms with Crippen LogP contribution in [0, 0.1) is 0 Å². The van der Waals surface area contributed by atoms with E-state index in [2.05, 4.69) is 36.3 Å². The molecule has 4 aromatic rings. The Morgan fingerprint density at radius 2 is 1.91 bits per heavy atom. The number of aromatic nitrogens is 5. The molecule has 1 N–H and O–H groups in total. The Bertz CT molecular complexity index is 1190. The van der Waals surface area contributed by atoms with E-state index in [1.54, 1.807) is 10.9 Å². The third kappa shape index (κ3) is 4.62. The number of carbonyl (C=O) groups is 1. The fourth-order valence-corrected chi connectivity index (χ4v) is 3.98. The van der Waals surface area contributed by atoms with Crippen LogP contribution >= 0.6 is 11.8 Å². The first-order valence-electron chi connectivity index (χ1n) is 10.4. The number of nitrogens with zero attached hydrogens (tertiary/aromatic N) is 5. The van der Waals surface area contributed by atoms with Gasteiger partial charge in [0.15, 0.2) is 16.7 Å². The summed E-state index contributed by atoms with van der Waals surface area (Å²) in [5, 5.41) is 16.9. The van der Waals surface area contributed by atoms with Crippen LogP contribution in [0.1, 0.15) is 33.4 Å². The average molecular weight is 451 g/mol. The minimum atomic E-state index is -0.145. The standard InChI is InChI=1S/C23H26N6O2S/c1-5-28-21(17-12-9-13-31-17)25-26-22(28)32-15-20(30)24-19-14-18(23(2,3)4)27-29(19)16-10-7-6-8-11-16/h6-14H,5,15H2,1-4H3,(H,24,30). The highest BCUT2D eigenvalue weighted by molar-refractivity contribution is 7.99. The van der Waals surface area contributed by atoms with Crippen LogP contribution in [0.3, 0.4) is 0 Å². The van der Waals surface area contributed by atoms with Crippen molar-refractivity contribution in [3.63, 3.8) is 0 Å². The molecule has 0 atom stereocenters. The summed E-state index contributed by atoms with van der Waals surface area (Å²) in [6, 6.07) is 15.4.